The second-order valence-corrected chi connectivity index (χ2v) is 8.43. The van der Waals surface area contributed by atoms with E-state index in [2.05, 4.69) is 15.4 Å². The van der Waals surface area contributed by atoms with Crippen LogP contribution in [0, 0.1) is 0 Å². The van der Waals surface area contributed by atoms with Gasteiger partial charge in [0.1, 0.15) is 11.8 Å². The summed E-state index contributed by atoms with van der Waals surface area (Å²) in [5.74, 6) is 1.34. The molecule has 1 atom stereocenters. The van der Waals surface area contributed by atoms with E-state index >= 15 is 0 Å². The summed E-state index contributed by atoms with van der Waals surface area (Å²) < 4.78 is 12.8. The first-order valence-electron chi connectivity index (χ1n) is 9.49. The van der Waals surface area contributed by atoms with Gasteiger partial charge in [-0.05, 0) is 44.5 Å². The first-order chi connectivity index (χ1) is 14.4. The lowest BCUT2D eigenvalue weighted by molar-refractivity contribution is -0.143. The Bertz CT molecular complexity index is 1090. The largest absolute Gasteiger partial charge is 0.467 e. The normalized spacial score (nSPS) is 15.8. The van der Waals surface area contributed by atoms with E-state index in [4.69, 9.17) is 20.8 Å². The van der Waals surface area contributed by atoms with E-state index < -0.39 is 12.0 Å². The van der Waals surface area contributed by atoms with E-state index in [0.717, 1.165) is 5.56 Å². The van der Waals surface area contributed by atoms with Crippen molar-refractivity contribution in [2.45, 2.75) is 43.8 Å². The van der Waals surface area contributed by atoms with Gasteiger partial charge in [0.25, 0.3) is 0 Å². The van der Waals surface area contributed by atoms with Crippen molar-refractivity contribution in [3.8, 4) is 0 Å². The van der Waals surface area contributed by atoms with Crippen LogP contribution in [0.25, 0.3) is 0 Å². The van der Waals surface area contributed by atoms with Gasteiger partial charge in [-0.25, -0.2) is 9.48 Å². The lowest BCUT2D eigenvalue weighted by Crippen LogP contribution is -2.30. The van der Waals surface area contributed by atoms with Crippen molar-refractivity contribution in [2.75, 3.05) is 5.32 Å². The SMILES string of the molecule is CC1=C(C(=O)OC(C)C)C(c2ccco2)n2nc(SCc3ccccc3Cl)nc2N1. The number of nitrogens with one attached hydrogen (secondary N) is 1. The Morgan fingerprint density at radius 3 is 2.83 bits per heavy atom. The van der Waals surface area contributed by atoms with Crippen molar-refractivity contribution in [1.29, 1.82) is 0 Å². The van der Waals surface area contributed by atoms with Crippen LogP contribution >= 0.6 is 23.4 Å². The molecule has 1 aliphatic heterocycles. The third-order valence-corrected chi connectivity index (χ3v) is 5.78. The highest BCUT2D eigenvalue weighted by molar-refractivity contribution is 7.98. The Morgan fingerprint density at radius 2 is 2.13 bits per heavy atom. The summed E-state index contributed by atoms with van der Waals surface area (Å²) in [4.78, 5) is 17.4. The monoisotopic (exact) mass is 444 g/mol. The Labute approximate surface area is 183 Å². The molecule has 0 amide bonds. The number of hydrogen-bond donors (Lipinski definition) is 1. The number of furan rings is 1. The van der Waals surface area contributed by atoms with Crippen molar-refractivity contribution in [3.63, 3.8) is 0 Å². The zero-order valence-electron chi connectivity index (χ0n) is 16.8. The molecule has 0 fully saturated rings. The van der Waals surface area contributed by atoms with Crippen LogP contribution in [0.1, 0.15) is 38.1 Å². The van der Waals surface area contributed by atoms with E-state index in [1.54, 1.807) is 17.0 Å². The Hall–Kier alpha value is -2.71. The molecule has 0 spiro atoms. The maximum absolute atomic E-state index is 12.8. The lowest BCUT2D eigenvalue weighted by atomic mass is 10.0. The number of allylic oxidation sites excluding steroid dienone is 1. The molecule has 2 aromatic heterocycles. The first kappa shape index (κ1) is 20.6. The number of hydrogen-bond acceptors (Lipinski definition) is 7. The van der Waals surface area contributed by atoms with Crippen LogP contribution in [0.3, 0.4) is 0 Å². The number of nitrogens with zero attached hydrogens (tertiary/aromatic N) is 3. The van der Waals surface area contributed by atoms with Crippen LogP contribution in [0.4, 0.5) is 5.95 Å². The van der Waals surface area contributed by atoms with Gasteiger partial charge >= 0.3 is 5.97 Å². The van der Waals surface area contributed by atoms with Crippen molar-refractivity contribution in [2.24, 2.45) is 0 Å². The number of benzene rings is 1. The number of aromatic nitrogens is 3. The Balaban J connectivity index is 1.66. The fourth-order valence-electron chi connectivity index (χ4n) is 3.20. The third-order valence-electron chi connectivity index (χ3n) is 4.52. The summed E-state index contributed by atoms with van der Waals surface area (Å²) in [5, 5.41) is 9.09. The van der Waals surface area contributed by atoms with Crippen molar-refractivity contribution in [3.05, 3.63) is 70.3 Å². The lowest BCUT2D eigenvalue weighted by Gasteiger charge is -2.26. The number of esters is 1. The van der Waals surface area contributed by atoms with E-state index in [9.17, 15) is 4.79 Å². The molecule has 156 valence electrons. The van der Waals surface area contributed by atoms with Crippen molar-refractivity contribution in [1.82, 2.24) is 14.8 Å². The van der Waals surface area contributed by atoms with Gasteiger partial charge < -0.3 is 14.5 Å². The number of ether oxygens (including phenoxy) is 1. The Morgan fingerprint density at radius 1 is 1.33 bits per heavy atom. The quantitative estimate of drug-likeness (QED) is 0.420. The van der Waals surface area contributed by atoms with Crippen LogP contribution < -0.4 is 5.32 Å². The highest BCUT2D eigenvalue weighted by Gasteiger charge is 2.37. The minimum Gasteiger partial charge on any atom is -0.467 e. The van der Waals surface area contributed by atoms with Gasteiger partial charge in [-0.3, -0.25) is 0 Å². The van der Waals surface area contributed by atoms with Crippen molar-refractivity contribution < 1.29 is 13.9 Å². The van der Waals surface area contributed by atoms with E-state index in [1.165, 1.54) is 11.8 Å². The summed E-state index contributed by atoms with van der Waals surface area (Å²) in [7, 11) is 0. The molecule has 0 bridgehead atoms. The van der Waals surface area contributed by atoms with Crippen molar-refractivity contribution >= 4 is 35.3 Å². The zero-order valence-corrected chi connectivity index (χ0v) is 18.3. The molecule has 1 unspecified atom stereocenters. The number of fused-ring (bicyclic) bond motifs is 1. The zero-order chi connectivity index (χ0) is 21.3. The number of anilines is 1. The maximum Gasteiger partial charge on any atom is 0.338 e. The smallest absolute Gasteiger partial charge is 0.338 e. The van der Waals surface area contributed by atoms with E-state index in [1.807, 2.05) is 51.1 Å². The van der Waals surface area contributed by atoms with Gasteiger partial charge in [0.05, 0.1) is 17.9 Å². The summed E-state index contributed by atoms with van der Waals surface area (Å²) in [6.07, 6.45) is 1.33. The number of carbonyl (C=O) groups excluding carboxylic acids is 1. The number of thioether (sulfide) groups is 1. The van der Waals surface area contributed by atoms with Gasteiger partial charge in [-0.1, -0.05) is 41.6 Å². The molecular formula is C21H21ClN4O3S. The summed E-state index contributed by atoms with van der Waals surface area (Å²) >= 11 is 7.72. The number of carbonyl (C=O) groups is 1. The topological polar surface area (TPSA) is 82.2 Å². The van der Waals surface area contributed by atoms with Gasteiger partial charge in [0.2, 0.25) is 11.1 Å². The van der Waals surface area contributed by atoms with Crippen LogP contribution in [-0.2, 0) is 15.3 Å². The molecule has 0 saturated heterocycles. The average Bonchev–Trinajstić information content (AvgIpc) is 3.35. The summed E-state index contributed by atoms with van der Waals surface area (Å²) in [6, 6.07) is 10.7. The molecule has 0 radical (unpaired) electrons. The van der Waals surface area contributed by atoms with E-state index in [-0.39, 0.29) is 6.10 Å². The van der Waals surface area contributed by atoms with Crippen LogP contribution in [0.2, 0.25) is 5.02 Å². The first-order valence-corrected chi connectivity index (χ1v) is 10.9. The molecule has 7 nitrogen and oxygen atoms in total. The molecule has 0 aliphatic carbocycles. The molecule has 9 heteroatoms. The van der Waals surface area contributed by atoms with Gasteiger partial charge in [-0.15, -0.1) is 5.10 Å². The summed E-state index contributed by atoms with van der Waals surface area (Å²) in [6.45, 7) is 5.45. The predicted molar refractivity (Wildman–Crippen MR) is 115 cm³/mol. The van der Waals surface area contributed by atoms with Gasteiger partial charge in [0.15, 0.2) is 0 Å². The molecule has 0 saturated carbocycles. The molecular weight excluding hydrogens is 424 g/mol. The highest BCUT2D eigenvalue weighted by Crippen LogP contribution is 2.37. The Kier molecular flexibility index (Phi) is 5.87. The van der Waals surface area contributed by atoms with Crippen LogP contribution in [0.5, 0.6) is 0 Å². The minimum atomic E-state index is -0.565. The van der Waals surface area contributed by atoms with Gasteiger partial charge in [-0.2, -0.15) is 4.98 Å². The number of halogens is 1. The van der Waals surface area contributed by atoms with E-state index in [0.29, 0.717) is 38.9 Å². The molecule has 3 aromatic rings. The molecule has 1 aromatic carbocycles. The molecule has 30 heavy (non-hydrogen) atoms. The molecule has 4 rings (SSSR count). The van der Waals surface area contributed by atoms with Gasteiger partial charge in [0, 0.05) is 16.5 Å². The molecule has 1 N–H and O–H groups in total. The second-order valence-electron chi connectivity index (χ2n) is 7.08. The summed E-state index contributed by atoms with van der Waals surface area (Å²) in [5.41, 5.74) is 2.10. The highest BCUT2D eigenvalue weighted by atomic mass is 35.5. The fraction of sp³-hybridized carbons (Fsp3) is 0.286. The standard InChI is InChI=1S/C21H21ClN4O3S/c1-12(2)29-19(27)17-13(3)23-20-24-21(30-11-14-7-4-5-8-15(14)22)25-26(20)18(17)16-9-6-10-28-16/h4-10,12,18H,11H2,1-3H3,(H,23,24,25). The molecule has 3 heterocycles. The molecule has 1 aliphatic rings. The fourth-order valence-corrected chi connectivity index (χ4v) is 4.32. The number of rotatable bonds is 6. The average molecular weight is 445 g/mol. The van der Waals surface area contributed by atoms with Crippen LogP contribution in [0.15, 0.2) is 63.5 Å². The minimum absolute atomic E-state index is 0.242. The maximum atomic E-state index is 12.8. The predicted octanol–water partition coefficient (Wildman–Crippen LogP) is 5.06. The third kappa shape index (κ3) is 4.11. The second kappa shape index (κ2) is 8.57. The van der Waals surface area contributed by atoms with Crippen LogP contribution in [-0.4, -0.2) is 26.8 Å².